The summed E-state index contributed by atoms with van der Waals surface area (Å²) in [5.41, 5.74) is 0.0207. The van der Waals surface area contributed by atoms with Gasteiger partial charge in [0.1, 0.15) is 12.4 Å². The molecule has 17 nitrogen and oxygen atoms in total. The predicted molar refractivity (Wildman–Crippen MR) is 170 cm³/mol. The van der Waals surface area contributed by atoms with Crippen LogP contribution in [0.25, 0.3) is 0 Å². The van der Waals surface area contributed by atoms with Gasteiger partial charge in [-0.15, -0.1) is 0 Å². The fraction of sp³-hybridized carbons (Fsp3) is 0.774. The van der Waals surface area contributed by atoms with Crippen molar-refractivity contribution in [2.45, 2.75) is 6.42 Å². The van der Waals surface area contributed by atoms with Crippen molar-refractivity contribution in [2.24, 2.45) is 0 Å². The SMILES string of the molecule is O=C(O)CCOCCOCCOCCOCCOCCOCCOCCOCCOCCOCCOCCOc1ccc([N+](=O)[O-])cc1. The lowest BCUT2D eigenvalue weighted by Crippen LogP contribution is -2.15. The van der Waals surface area contributed by atoms with Crippen LogP contribution in [0.1, 0.15) is 6.42 Å². The Morgan fingerprint density at radius 2 is 0.708 bits per heavy atom. The minimum Gasteiger partial charge on any atom is -0.491 e. The monoisotopic (exact) mass is 695 g/mol. The molecule has 0 radical (unpaired) electrons. The molecule has 0 saturated heterocycles. The summed E-state index contributed by atoms with van der Waals surface area (Å²) in [5.74, 6) is -0.330. The van der Waals surface area contributed by atoms with E-state index in [0.717, 1.165) is 0 Å². The van der Waals surface area contributed by atoms with Crippen LogP contribution in [0.4, 0.5) is 5.69 Å². The molecule has 0 fully saturated rings. The molecule has 0 spiro atoms. The normalized spacial score (nSPS) is 11.2. The molecular weight excluding hydrogens is 642 g/mol. The fourth-order valence-electron chi connectivity index (χ4n) is 3.34. The fourth-order valence-corrected chi connectivity index (χ4v) is 3.34. The van der Waals surface area contributed by atoms with Gasteiger partial charge in [-0.2, -0.15) is 0 Å². The number of nitro groups is 1. The number of carbonyl (C=O) groups is 1. The van der Waals surface area contributed by atoms with E-state index in [1.165, 1.54) is 12.1 Å². The van der Waals surface area contributed by atoms with Crippen LogP contribution < -0.4 is 4.74 Å². The number of hydrogen-bond donors (Lipinski definition) is 1. The van der Waals surface area contributed by atoms with Crippen molar-refractivity contribution in [1.82, 2.24) is 0 Å². The van der Waals surface area contributed by atoms with Gasteiger partial charge in [-0.05, 0) is 12.1 Å². The Hall–Kier alpha value is -2.55. The van der Waals surface area contributed by atoms with Crippen LogP contribution in [0.5, 0.6) is 5.75 Å². The number of hydrogen-bond acceptors (Lipinski definition) is 15. The molecule has 1 rings (SSSR count). The van der Waals surface area contributed by atoms with Crippen molar-refractivity contribution in [3.63, 3.8) is 0 Å². The number of ether oxygens (including phenoxy) is 12. The van der Waals surface area contributed by atoms with Crippen molar-refractivity contribution in [1.29, 1.82) is 0 Å². The second-order valence-corrected chi connectivity index (χ2v) is 9.48. The molecule has 0 saturated carbocycles. The van der Waals surface area contributed by atoms with Crippen LogP contribution >= 0.6 is 0 Å². The molecule has 0 atom stereocenters. The van der Waals surface area contributed by atoms with Gasteiger partial charge in [-0.3, -0.25) is 14.9 Å². The topological polar surface area (TPSA) is 191 Å². The third-order valence-electron chi connectivity index (χ3n) is 5.72. The summed E-state index contributed by atoms with van der Waals surface area (Å²) >= 11 is 0. The van der Waals surface area contributed by atoms with Gasteiger partial charge in [-0.1, -0.05) is 0 Å². The summed E-state index contributed by atoms with van der Waals surface area (Å²) in [4.78, 5) is 20.5. The van der Waals surface area contributed by atoms with E-state index in [2.05, 4.69) is 0 Å². The summed E-state index contributed by atoms with van der Waals surface area (Å²) < 4.78 is 64.8. The van der Waals surface area contributed by atoms with Gasteiger partial charge < -0.3 is 61.9 Å². The number of aliphatic carboxylic acids is 1. The summed E-state index contributed by atoms with van der Waals surface area (Å²) in [6.45, 7) is 9.99. The number of benzene rings is 1. The van der Waals surface area contributed by atoms with E-state index in [9.17, 15) is 14.9 Å². The van der Waals surface area contributed by atoms with E-state index in [1.54, 1.807) is 12.1 Å². The lowest BCUT2D eigenvalue weighted by Gasteiger charge is -2.09. The molecule has 0 unspecified atom stereocenters. The highest BCUT2D eigenvalue weighted by molar-refractivity contribution is 5.66. The predicted octanol–water partition coefficient (Wildman–Crippen LogP) is 1.63. The molecule has 278 valence electrons. The maximum absolute atomic E-state index is 10.6. The van der Waals surface area contributed by atoms with Gasteiger partial charge in [0.05, 0.1) is 157 Å². The number of nitrogens with zero attached hydrogens (tertiary/aromatic N) is 1. The second-order valence-electron chi connectivity index (χ2n) is 9.48. The first-order valence-corrected chi connectivity index (χ1v) is 16.0. The Kier molecular flexibility index (Phi) is 31.1. The molecule has 0 aliphatic rings. The van der Waals surface area contributed by atoms with E-state index in [4.69, 9.17) is 61.9 Å². The maximum Gasteiger partial charge on any atom is 0.305 e. The van der Waals surface area contributed by atoms with E-state index in [0.29, 0.717) is 151 Å². The van der Waals surface area contributed by atoms with E-state index >= 15 is 0 Å². The molecule has 0 heterocycles. The Morgan fingerprint density at radius 3 is 0.958 bits per heavy atom. The Balaban J connectivity index is 1.65. The standard InChI is InChI=1S/C31H53NO16/c33-31(34)5-6-37-7-8-38-9-10-39-11-12-40-13-14-41-15-16-42-17-18-43-19-20-44-21-22-45-23-24-46-25-26-47-27-28-48-30-3-1-29(2-4-30)32(35)36/h1-4H,5-28H2,(H,33,34). The zero-order chi connectivity index (χ0) is 34.6. The lowest BCUT2D eigenvalue weighted by atomic mass is 10.3. The molecule has 48 heavy (non-hydrogen) atoms. The largest absolute Gasteiger partial charge is 0.491 e. The van der Waals surface area contributed by atoms with Crippen molar-refractivity contribution in [2.75, 3.05) is 152 Å². The van der Waals surface area contributed by atoms with Gasteiger partial charge in [0, 0.05) is 12.1 Å². The highest BCUT2D eigenvalue weighted by atomic mass is 16.6. The molecular formula is C31H53NO16. The summed E-state index contributed by atoms with van der Waals surface area (Å²) in [7, 11) is 0. The number of nitro benzene ring substituents is 1. The molecule has 0 amide bonds. The van der Waals surface area contributed by atoms with Crippen LogP contribution in [-0.4, -0.2) is 168 Å². The van der Waals surface area contributed by atoms with Crippen LogP contribution in [0, 0.1) is 10.1 Å². The molecule has 1 N–H and O–H groups in total. The number of non-ortho nitro benzene ring substituents is 1. The first kappa shape index (κ1) is 43.5. The smallest absolute Gasteiger partial charge is 0.305 e. The first-order chi connectivity index (χ1) is 23.6. The highest BCUT2D eigenvalue weighted by Crippen LogP contribution is 2.17. The van der Waals surface area contributed by atoms with Crippen molar-refractivity contribution in [3.05, 3.63) is 34.4 Å². The number of carboxylic acid groups (broad SMARTS) is 1. The van der Waals surface area contributed by atoms with E-state index in [-0.39, 0.29) is 18.7 Å². The quantitative estimate of drug-likeness (QED) is 0.0596. The number of carboxylic acids is 1. The molecule has 0 aliphatic carbocycles. The van der Waals surface area contributed by atoms with E-state index < -0.39 is 10.9 Å². The van der Waals surface area contributed by atoms with Crippen LogP contribution in [0.15, 0.2) is 24.3 Å². The zero-order valence-electron chi connectivity index (χ0n) is 27.8. The molecule has 1 aromatic carbocycles. The number of rotatable bonds is 38. The van der Waals surface area contributed by atoms with Crippen LogP contribution in [0.2, 0.25) is 0 Å². The second kappa shape index (κ2) is 34.3. The van der Waals surface area contributed by atoms with Crippen LogP contribution in [0.3, 0.4) is 0 Å². The third-order valence-corrected chi connectivity index (χ3v) is 5.72. The lowest BCUT2D eigenvalue weighted by molar-refractivity contribution is -0.384. The minimum atomic E-state index is -0.880. The minimum absolute atomic E-state index is 0.00866. The third kappa shape index (κ3) is 30.8. The van der Waals surface area contributed by atoms with E-state index in [1.807, 2.05) is 0 Å². The molecule has 0 bridgehead atoms. The van der Waals surface area contributed by atoms with Gasteiger partial charge in [-0.25, -0.2) is 0 Å². The summed E-state index contributed by atoms with van der Waals surface area (Å²) in [5, 5.41) is 19.1. The van der Waals surface area contributed by atoms with Gasteiger partial charge in [0.15, 0.2) is 0 Å². The van der Waals surface area contributed by atoms with Crippen LogP contribution in [-0.2, 0) is 56.9 Å². The Labute approximate surface area is 282 Å². The summed E-state index contributed by atoms with van der Waals surface area (Å²) in [6.07, 6.45) is -0.00866. The van der Waals surface area contributed by atoms with Crippen molar-refractivity contribution in [3.8, 4) is 5.75 Å². The van der Waals surface area contributed by atoms with Gasteiger partial charge >= 0.3 is 5.97 Å². The molecule has 17 heteroatoms. The average molecular weight is 696 g/mol. The highest BCUT2D eigenvalue weighted by Gasteiger charge is 2.04. The van der Waals surface area contributed by atoms with Gasteiger partial charge in [0.25, 0.3) is 5.69 Å². The molecule has 0 aromatic heterocycles. The Morgan fingerprint density at radius 1 is 0.458 bits per heavy atom. The first-order valence-electron chi connectivity index (χ1n) is 16.0. The zero-order valence-corrected chi connectivity index (χ0v) is 27.8. The van der Waals surface area contributed by atoms with Gasteiger partial charge in [0.2, 0.25) is 0 Å². The van der Waals surface area contributed by atoms with Crippen molar-refractivity contribution >= 4 is 11.7 Å². The van der Waals surface area contributed by atoms with Crippen molar-refractivity contribution < 1.29 is 71.7 Å². The molecule has 1 aromatic rings. The molecule has 0 aliphatic heterocycles. The Bertz CT molecular complexity index is 863. The summed E-state index contributed by atoms with van der Waals surface area (Å²) in [6, 6.07) is 5.89. The maximum atomic E-state index is 10.6. The average Bonchev–Trinajstić information content (AvgIpc) is 3.08.